The second-order valence-corrected chi connectivity index (χ2v) is 8.49. The fourth-order valence-electron chi connectivity index (χ4n) is 4.45. The van der Waals surface area contributed by atoms with Gasteiger partial charge in [-0.25, -0.2) is 15.0 Å². The Morgan fingerprint density at radius 1 is 1.03 bits per heavy atom. The van der Waals surface area contributed by atoms with Gasteiger partial charge in [-0.15, -0.1) is 0 Å². The molecule has 0 atom stereocenters. The van der Waals surface area contributed by atoms with Gasteiger partial charge < -0.3 is 9.88 Å². The maximum atomic E-state index is 11.9. The van der Waals surface area contributed by atoms with Gasteiger partial charge in [0, 0.05) is 23.7 Å². The van der Waals surface area contributed by atoms with E-state index in [1.54, 1.807) is 6.92 Å². The van der Waals surface area contributed by atoms with Gasteiger partial charge >= 0.3 is 0 Å². The van der Waals surface area contributed by atoms with Crippen molar-refractivity contribution in [3.8, 4) is 11.4 Å². The normalized spacial score (nSPS) is 14.5. The minimum absolute atomic E-state index is 0.0302. The Morgan fingerprint density at radius 3 is 2.62 bits per heavy atom. The number of fused-ring (bicyclic) bond motifs is 1. The summed E-state index contributed by atoms with van der Waals surface area (Å²) in [6.07, 6.45) is 7.99. The zero-order valence-corrected chi connectivity index (χ0v) is 18.3. The molecule has 0 unspecified atom stereocenters. The number of hydrogen-bond donors (Lipinski definition) is 1. The summed E-state index contributed by atoms with van der Waals surface area (Å²) in [7, 11) is 0. The Labute approximate surface area is 187 Å². The van der Waals surface area contributed by atoms with E-state index in [1.165, 1.54) is 24.8 Å². The molecule has 0 radical (unpaired) electrons. The molecular weight excluding hydrogens is 398 g/mol. The number of Topliss-reactive ketones (excluding diaryl/α,β-unsaturated/α-hetero) is 1. The number of ketones is 1. The van der Waals surface area contributed by atoms with Crippen LogP contribution in [0.15, 0.2) is 60.9 Å². The zero-order chi connectivity index (χ0) is 21.9. The van der Waals surface area contributed by atoms with Gasteiger partial charge in [0.05, 0.1) is 6.33 Å². The number of nitrogens with zero attached hydrogens (tertiary/aromatic N) is 4. The second kappa shape index (κ2) is 8.91. The van der Waals surface area contributed by atoms with E-state index in [1.807, 2.05) is 48.8 Å². The monoisotopic (exact) mass is 425 g/mol. The molecule has 1 saturated carbocycles. The first-order chi connectivity index (χ1) is 15.7. The number of benzene rings is 2. The van der Waals surface area contributed by atoms with E-state index in [9.17, 15) is 4.79 Å². The van der Waals surface area contributed by atoms with Crippen LogP contribution in [0.3, 0.4) is 0 Å². The van der Waals surface area contributed by atoms with Gasteiger partial charge in [0.1, 0.15) is 5.52 Å². The van der Waals surface area contributed by atoms with Crippen LogP contribution in [-0.4, -0.2) is 25.3 Å². The molecule has 1 aliphatic rings. The van der Waals surface area contributed by atoms with Crippen molar-refractivity contribution < 1.29 is 4.79 Å². The van der Waals surface area contributed by atoms with Crippen LogP contribution in [0.2, 0.25) is 0 Å². The molecule has 0 amide bonds. The molecule has 2 heterocycles. The molecule has 6 nitrogen and oxygen atoms in total. The SMILES string of the molecule is CC(=O)c1cccc(-c2nc(NCc3ccccc3)c3ncn(C4CCCCC4)c3n2)c1. The number of aromatic nitrogens is 4. The Bertz CT molecular complexity index is 1240. The largest absolute Gasteiger partial charge is 0.364 e. The van der Waals surface area contributed by atoms with Crippen molar-refractivity contribution in [1.29, 1.82) is 0 Å². The number of anilines is 1. The third-order valence-electron chi connectivity index (χ3n) is 6.22. The van der Waals surface area contributed by atoms with Crippen LogP contribution in [0.4, 0.5) is 5.82 Å². The first-order valence-electron chi connectivity index (χ1n) is 11.3. The fraction of sp³-hybridized carbons (Fsp3) is 0.308. The molecule has 5 rings (SSSR count). The Kier molecular flexibility index (Phi) is 5.67. The molecule has 0 saturated heterocycles. The Hall–Kier alpha value is -3.54. The lowest BCUT2D eigenvalue weighted by Gasteiger charge is -2.23. The summed E-state index contributed by atoms with van der Waals surface area (Å²) in [5.74, 6) is 1.35. The van der Waals surface area contributed by atoms with Gasteiger partial charge in [0.25, 0.3) is 0 Å². The quantitative estimate of drug-likeness (QED) is 0.395. The highest BCUT2D eigenvalue weighted by molar-refractivity contribution is 5.95. The van der Waals surface area contributed by atoms with E-state index in [-0.39, 0.29) is 5.78 Å². The number of rotatable bonds is 6. The van der Waals surface area contributed by atoms with Gasteiger partial charge in [-0.05, 0) is 31.4 Å². The third kappa shape index (κ3) is 4.13. The van der Waals surface area contributed by atoms with Gasteiger partial charge in [-0.1, -0.05) is 67.8 Å². The highest BCUT2D eigenvalue weighted by Gasteiger charge is 2.21. The minimum Gasteiger partial charge on any atom is -0.364 e. The van der Waals surface area contributed by atoms with Crippen LogP contribution in [0.1, 0.15) is 61.0 Å². The van der Waals surface area contributed by atoms with Gasteiger partial charge in [-0.2, -0.15) is 0 Å². The summed E-state index contributed by atoms with van der Waals surface area (Å²) in [4.78, 5) is 26.4. The summed E-state index contributed by atoms with van der Waals surface area (Å²) in [5.41, 5.74) is 4.30. The van der Waals surface area contributed by atoms with E-state index in [0.717, 1.165) is 35.4 Å². The predicted octanol–water partition coefficient (Wildman–Crippen LogP) is 5.81. The van der Waals surface area contributed by atoms with Crippen LogP contribution in [0, 0.1) is 0 Å². The Morgan fingerprint density at radius 2 is 1.84 bits per heavy atom. The van der Waals surface area contributed by atoms with E-state index >= 15 is 0 Å². The van der Waals surface area contributed by atoms with Crippen molar-refractivity contribution in [2.75, 3.05) is 5.32 Å². The topological polar surface area (TPSA) is 72.7 Å². The van der Waals surface area contributed by atoms with Crippen LogP contribution >= 0.6 is 0 Å². The number of imidazole rings is 1. The van der Waals surface area contributed by atoms with E-state index in [4.69, 9.17) is 15.0 Å². The van der Waals surface area contributed by atoms with Crippen molar-refractivity contribution in [1.82, 2.24) is 19.5 Å². The molecule has 162 valence electrons. The smallest absolute Gasteiger partial charge is 0.166 e. The third-order valence-corrected chi connectivity index (χ3v) is 6.22. The average Bonchev–Trinajstić information content (AvgIpc) is 3.28. The van der Waals surface area contributed by atoms with Crippen LogP contribution < -0.4 is 5.32 Å². The van der Waals surface area contributed by atoms with Gasteiger partial charge in [0.2, 0.25) is 0 Å². The second-order valence-electron chi connectivity index (χ2n) is 8.49. The molecule has 1 fully saturated rings. The molecule has 6 heteroatoms. The first-order valence-corrected chi connectivity index (χ1v) is 11.3. The van der Waals surface area contributed by atoms with E-state index in [2.05, 4.69) is 22.0 Å². The predicted molar refractivity (Wildman–Crippen MR) is 127 cm³/mol. The summed E-state index contributed by atoms with van der Waals surface area (Å²) in [6.45, 7) is 2.23. The number of carbonyl (C=O) groups is 1. The molecular formula is C26H27N5O. The first kappa shape index (κ1) is 20.4. The van der Waals surface area contributed by atoms with Crippen LogP contribution in [-0.2, 0) is 6.54 Å². The summed E-state index contributed by atoms with van der Waals surface area (Å²) < 4.78 is 2.22. The number of carbonyl (C=O) groups excluding carboxylic acids is 1. The Balaban J connectivity index is 1.59. The van der Waals surface area contributed by atoms with Crippen LogP contribution in [0.5, 0.6) is 0 Å². The lowest BCUT2D eigenvalue weighted by molar-refractivity contribution is 0.101. The molecule has 0 bridgehead atoms. The van der Waals surface area contributed by atoms with E-state index in [0.29, 0.717) is 24.0 Å². The molecule has 1 N–H and O–H groups in total. The van der Waals surface area contributed by atoms with Crippen molar-refractivity contribution in [3.05, 3.63) is 72.1 Å². The molecule has 1 aliphatic carbocycles. The van der Waals surface area contributed by atoms with Gasteiger partial charge in [0.15, 0.2) is 23.1 Å². The fourth-order valence-corrected chi connectivity index (χ4v) is 4.45. The van der Waals surface area contributed by atoms with Crippen molar-refractivity contribution in [3.63, 3.8) is 0 Å². The average molecular weight is 426 g/mol. The molecule has 4 aromatic rings. The standard InChI is InChI=1S/C26H27N5O/c1-18(32)20-11-8-12-21(15-20)24-29-25(27-16-19-9-4-2-5-10-19)23-26(30-24)31(17-28-23)22-13-6-3-7-14-22/h2,4-5,8-12,15,17,22H,3,6-7,13-14,16H2,1H3,(H,27,29,30). The molecule has 2 aromatic heterocycles. The number of nitrogens with one attached hydrogen (secondary N) is 1. The summed E-state index contributed by atoms with van der Waals surface area (Å²) in [5, 5.41) is 3.47. The highest BCUT2D eigenvalue weighted by atomic mass is 16.1. The summed E-state index contributed by atoms with van der Waals surface area (Å²) >= 11 is 0. The lowest BCUT2D eigenvalue weighted by atomic mass is 9.95. The highest BCUT2D eigenvalue weighted by Crippen LogP contribution is 2.32. The number of hydrogen-bond acceptors (Lipinski definition) is 5. The van der Waals surface area contributed by atoms with E-state index < -0.39 is 0 Å². The molecule has 0 aliphatic heterocycles. The maximum Gasteiger partial charge on any atom is 0.166 e. The summed E-state index contributed by atoms with van der Waals surface area (Å²) in [6, 6.07) is 18.2. The maximum absolute atomic E-state index is 11.9. The zero-order valence-electron chi connectivity index (χ0n) is 18.3. The van der Waals surface area contributed by atoms with Crippen molar-refractivity contribution >= 4 is 22.8 Å². The molecule has 2 aromatic carbocycles. The minimum atomic E-state index is 0.0302. The van der Waals surface area contributed by atoms with Gasteiger partial charge in [-0.3, -0.25) is 4.79 Å². The van der Waals surface area contributed by atoms with Crippen molar-refractivity contribution in [2.45, 2.75) is 51.6 Å². The van der Waals surface area contributed by atoms with Crippen molar-refractivity contribution in [2.24, 2.45) is 0 Å². The molecule has 0 spiro atoms. The molecule has 32 heavy (non-hydrogen) atoms. The van der Waals surface area contributed by atoms with Crippen LogP contribution in [0.25, 0.3) is 22.6 Å². The lowest BCUT2D eigenvalue weighted by Crippen LogP contribution is -2.13.